The van der Waals surface area contributed by atoms with E-state index in [-0.39, 0.29) is 24.3 Å². The average molecular weight is 369 g/mol. The first-order chi connectivity index (χ1) is 13.1. The molecule has 0 aliphatic heterocycles. The zero-order valence-electron chi connectivity index (χ0n) is 16.1. The number of hydrogen-bond donors (Lipinski definition) is 1. The van der Waals surface area contributed by atoms with Gasteiger partial charge in [-0.25, -0.2) is 0 Å². The standard InChI is InChI=1S/C22H27NO4/c1-15-5-4-6-16(11-15)19-13-20(19)22(25)23(9-10-24)14-17-12-18(26-2)7-8-21(17)27-3/h4-8,11-12,19-20,24H,9-10,13-14H2,1-3H3. The van der Waals surface area contributed by atoms with E-state index in [0.29, 0.717) is 24.6 Å². The van der Waals surface area contributed by atoms with Crippen LogP contribution >= 0.6 is 0 Å². The maximum absolute atomic E-state index is 13.1. The Morgan fingerprint density at radius 3 is 2.67 bits per heavy atom. The summed E-state index contributed by atoms with van der Waals surface area (Å²) in [5.74, 6) is 1.75. The summed E-state index contributed by atoms with van der Waals surface area (Å²) in [4.78, 5) is 14.8. The number of hydrogen-bond acceptors (Lipinski definition) is 4. The van der Waals surface area contributed by atoms with Gasteiger partial charge in [0.25, 0.3) is 0 Å². The lowest BCUT2D eigenvalue weighted by atomic mass is 10.1. The Kier molecular flexibility index (Phi) is 6.01. The molecule has 5 heteroatoms. The van der Waals surface area contributed by atoms with E-state index in [1.807, 2.05) is 24.3 Å². The molecule has 1 amide bonds. The third-order valence-electron chi connectivity index (χ3n) is 5.11. The van der Waals surface area contributed by atoms with E-state index < -0.39 is 0 Å². The second-order valence-corrected chi connectivity index (χ2v) is 7.02. The predicted octanol–water partition coefficient (Wildman–Crippen LogP) is 3.14. The van der Waals surface area contributed by atoms with Crippen molar-refractivity contribution < 1.29 is 19.4 Å². The molecule has 2 unspecified atom stereocenters. The fourth-order valence-corrected chi connectivity index (χ4v) is 3.57. The Morgan fingerprint density at radius 1 is 1.19 bits per heavy atom. The van der Waals surface area contributed by atoms with Gasteiger partial charge in [-0.3, -0.25) is 4.79 Å². The van der Waals surface area contributed by atoms with Gasteiger partial charge in [0.2, 0.25) is 5.91 Å². The van der Waals surface area contributed by atoms with E-state index in [1.165, 1.54) is 11.1 Å². The van der Waals surface area contributed by atoms with Crippen LogP contribution in [0.25, 0.3) is 0 Å². The second-order valence-electron chi connectivity index (χ2n) is 7.02. The van der Waals surface area contributed by atoms with Gasteiger partial charge in [-0.05, 0) is 43.0 Å². The summed E-state index contributed by atoms with van der Waals surface area (Å²) >= 11 is 0. The summed E-state index contributed by atoms with van der Waals surface area (Å²) in [6.07, 6.45) is 0.861. The number of benzene rings is 2. The molecule has 1 N–H and O–H groups in total. The fourth-order valence-electron chi connectivity index (χ4n) is 3.57. The van der Waals surface area contributed by atoms with Crippen molar-refractivity contribution >= 4 is 5.91 Å². The zero-order chi connectivity index (χ0) is 19.4. The number of aliphatic hydroxyl groups excluding tert-OH is 1. The molecule has 2 atom stereocenters. The minimum absolute atomic E-state index is 0.0186. The van der Waals surface area contributed by atoms with Gasteiger partial charge < -0.3 is 19.5 Å². The number of aryl methyl sites for hydroxylation is 1. The van der Waals surface area contributed by atoms with Crippen molar-refractivity contribution in [1.29, 1.82) is 0 Å². The van der Waals surface area contributed by atoms with E-state index >= 15 is 0 Å². The third-order valence-corrected chi connectivity index (χ3v) is 5.11. The van der Waals surface area contributed by atoms with Gasteiger partial charge >= 0.3 is 0 Å². The monoisotopic (exact) mass is 369 g/mol. The Balaban J connectivity index is 1.75. The molecule has 2 aromatic carbocycles. The van der Waals surface area contributed by atoms with Crippen LogP contribution < -0.4 is 9.47 Å². The lowest BCUT2D eigenvalue weighted by Gasteiger charge is -2.23. The third kappa shape index (κ3) is 4.42. The van der Waals surface area contributed by atoms with Crippen LogP contribution in [0.5, 0.6) is 11.5 Å². The molecule has 144 valence electrons. The molecule has 5 nitrogen and oxygen atoms in total. The van der Waals surface area contributed by atoms with Crippen LogP contribution in [0.15, 0.2) is 42.5 Å². The number of carbonyl (C=O) groups excluding carboxylic acids is 1. The first-order valence-corrected chi connectivity index (χ1v) is 9.24. The highest BCUT2D eigenvalue weighted by atomic mass is 16.5. The number of nitrogens with zero attached hydrogens (tertiary/aromatic N) is 1. The molecule has 0 heterocycles. The van der Waals surface area contributed by atoms with E-state index in [1.54, 1.807) is 19.1 Å². The summed E-state index contributed by atoms with van der Waals surface area (Å²) in [5.41, 5.74) is 3.29. The Labute approximate surface area is 160 Å². The maximum Gasteiger partial charge on any atom is 0.226 e. The van der Waals surface area contributed by atoms with Crippen LogP contribution in [-0.2, 0) is 11.3 Å². The minimum atomic E-state index is -0.0696. The van der Waals surface area contributed by atoms with Crippen LogP contribution in [0, 0.1) is 12.8 Å². The minimum Gasteiger partial charge on any atom is -0.497 e. The fraction of sp³-hybridized carbons (Fsp3) is 0.409. The smallest absolute Gasteiger partial charge is 0.226 e. The number of amides is 1. The number of carbonyl (C=O) groups is 1. The van der Waals surface area contributed by atoms with Crippen molar-refractivity contribution in [2.24, 2.45) is 5.92 Å². The van der Waals surface area contributed by atoms with E-state index in [0.717, 1.165) is 12.0 Å². The summed E-state index contributed by atoms with van der Waals surface area (Å²) in [6, 6.07) is 13.9. The van der Waals surface area contributed by atoms with Gasteiger partial charge in [0.15, 0.2) is 0 Å². The van der Waals surface area contributed by atoms with Gasteiger partial charge in [-0.1, -0.05) is 29.8 Å². The van der Waals surface area contributed by atoms with Crippen LogP contribution in [-0.4, -0.2) is 43.3 Å². The van der Waals surface area contributed by atoms with Crippen LogP contribution in [0.2, 0.25) is 0 Å². The zero-order valence-corrected chi connectivity index (χ0v) is 16.1. The van der Waals surface area contributed by atoms with Crippen LogP contribution in [0.4, 0.5) is 0 Å². The lowest BCUT2D eigenvalue weighted by Crippen LogP contribution is -2.34. The van der Waals surface area contributed by atoms with Gasteiger partial charge in [0.05, 0.1) is 20.8 Å². The van der Waals surface area contributed by atoms with Crippen molar-refractivity contribution in [1.82, 2.24) is 4.90 Å². The molecule has 1 aliphatic rings. The molecule has 0 saturated heterocycles. The molecule has 3 rings (SSSR count). The second kappa shape index (κ2) is 8.44. The molecule has 1 saturated carbocycles. The van der Waals surface area contributed by atoms with E-state index in [9.17, 15) is 9.90 Å². The van der Waals surface area contributed by atoms with Crippen molar-refractivity contribution in [3.05, 3.63) is 59.2 Å². The van der Waals surface area contributed by atoms with E-state index in [2.05, 4.69) is 25.1 Å². The molecule has 27 heavy (non-hydrogen) atoms. The largest absolute Gasteiger partial charge is 0.497 e. The molecule has 1 fully saturated rings. The van der Waals surface area contributed by atoms with Crippen molar-refractivity contribution in [3.63, 3.8) is 0 Å². The highest BCUT2D eigenvalue weighted by Crippen LogP contribution is 2.48. The Bertz CT molecular complexity index is 805. The molecule has 1 aliphatic carbocycles. The summed E-state index contributed by atoms with van der Waals surface area (Å²) in [5, 5.41) is 9.46. The Hall–Kier alpha value is -2.53. The van der Waals surface area contributed by atoms with Gasteiger partial charge in [-0.2, -0.15) is 0 Å². The molecular weight excluding hydrogens is 342 g/mol. The first-order valence-electron chi connectivity index (χ1n) is 9.24. The van der Waals surface area contributed by atoms with Crippen LogP contribution in [0.3, 0.4) is 0 Å². The SMILES string of the molecule is COc1ccc(OC)c(CN(CCO)C(=O)C2CC2c2cccc(C)c2)c1. The van der Waals surface area contributed by atoms with E-state index in [4.69, 9.17) is 9.47 Å². The predicted molar refractivity (Wildman–Crippen MR) is 104 cm³/mol. The van der Waals surface area contributed by atoms with Crippen molar-refractivity contribution in [3.8, 4) is 11.5 Å². The summed E-state index contributed by atoms with van der Waals surface area (Å²) in [7, 11) is 3.22. The molecular formula is C22H27NO4. The Morgan fingerprint density at radius 2 is 2.00 bits per heavy atom. The average Bonchev–Trinajstić information content (AvgIpc) is 3.48. The number of methoxy groups -OCH3 is 2. The lowest BCUT2D eigenvalue weighted by molar-refractivity contribution is -0.133. The summed E-state index contributed by atoms with van der Waals surface area (Å²) < 4.78 is 10.7. The molecule has 0 radical (unpaired) electrons. The highest BCUT2D eigenvalue weighted by Gasteiger charge is 2.45. The first kappa shape index (κ1) is 19.2. The van der Waals surface area contributed by atoms with Crippen molar-refractivity contribution in [2.45, 2.75) is 25.8 Å². The highest BCUT2D eigenvalue weighted by molar-refractivity contribution is 5.83. The molecule has 2 aromatic rings. The number of ether oxygens (including phenoxy) is 2. The topological polar surface area (TPSA) is 59.0 Å². The summed E-state index contributed by atoms with van der Waals surface area (Å²) in [6.45, 7) is 2.68. The molecule has 0 bridgehead atoms. The van der Waals surface area contributed by atoms with Crippen LogP contribution in [0.1, 0.15) is 29.0 Å². The molecule has 0 spiro atoms. The van der Waals surface area contributed by atoms with Gasteiger partial charge in [0.1, 0.15) is 11.5 Å². The molecule has 0 aromatic heterocycles. The number of rotatable bonds is 8. The van der Waals surface area contributed by atoms with Crippen molar-refractivity contribution in [2.75, 3.05) is 27.4 Å². The number of aliphatic hydroxyl groups is 1. The van der Waals surface area contributed by atoms with Gasteiger partial charge in [0, 0.05) is 24.6 Å². The maximum atomic E-state index is 13.1. The quantitative estimate of drug-likeness (QED) is 0.777. The normalized spacial score (nSPS) is 18.1. The van der Waals surface area contributed by atoms with Gasteiger partial charge in [-0.15, -0.1) is 0 Å².